The lowest BCUT2D eigenvalue weighted by Crippen LogP contribution is -2.04. The molecule has 1 aromatic heterocycles. The van der Waals surface area contributed by atoms with Gasteiger partial charge in [0.2, 0.25) is 0 Å². The highest BCUT2D eigenvalue weighted by molar-refractivity contribution is 7.09. The molecule has 0 aliphatic rings. The van der Waals surface area contributed by atoms with Crippen molar-refractivity contribution >= 4 is 28.4 Å². The van der Waals surface area contributed by atoms with Crippen LogP contribution in [-0.2, 0) is 6.54 Å². The number of nitrogens with two attached hydrogens (primary N) is 1. The maximum atomic E-state index is 10.9. The highest BCUT2D eigenvalue weighted by Gasteiger charge is 2.17. The second-order valence-electron chi connectivity index (χ2n) is 3.72. The molecule has 0 aliphatic heterocycles. The number of nitrogens with one attached hydrogen (secondary N) is 1. The van der Waals surface area contributed by atoms with Crippen LogP contribution in [0.2, 0.25) is 0 Å². The number of nitrogen functional groups attached to an aromatic ring is 1. The van der Waals surface area contributed by atoms with Gasteiger partial charge >= 0.3 is 5.69 Å². The third kappa shape index (κ3) is 2.40. The number of hydrogen-bond donors (Lipinski definition) is 2. The Balaban J connectivity index is 2.22. The third-order valence-corrected chi connectivity index (χ3v) is 3.47. The zero-order valence-corrected chi connectivity index (χ0v) is 10.5. The first-order valence-corrected chi connectivity index (χ1v) is 6.13. The summed E-state index contributed by atoms with van der Waals surface area (Å²) in [5, 5.41) is 14.0. The molecular formula is C11H12N4O2S. The highest BCUT2D eigenvalue weighted by atomic mass is 32.1. The summed E-state index contributed by atoms with van der Waals surface area (Å²) in [6, 6.07) is 4.84. The van der Waals surface area contributed by atoms with Crippen LogP contribution in [0.4, 0.5) is 17.1 Å². The lowest BCUT2D eigenvalue weighted by molar-refractivity contribution is -0.383. The van der Waals surface area contributed by atoms with Crippen molar-refractivity contribution in [2.75, 3.05) is 11.1 Å². The molecule has 3 N–H and O–H groups in total. The van der Waals surface area contributed by atoms with E-state index in [2.05, 4.69) is 10.3 Å². The summed E-state index contributed by atoms with van der Waals surface area (Å²) in [7, 11) is 0. The van der Waals surface area contributed by atoms with Crippen molar-refractivity contribution < 1.29 is 4.92 Å². The summed E-state index contributed by atoms with van der Waals surface area (Å²) < 4.78 is 0. The summed E-state index contributed by atoms with van der Waals surface area (Å²) in [6.45, 7) is 2.40. The predicted octanol–water partition coefficient (Wildman–Crippen LogP) is 2.55. The minimum absolute atomic E-state index is 0.0836. The number of nitro groups is 1. The average molecular weight is 264 g/mol. The van der Waals surface area contributed by atoms with Gasteiger partial charge in [0, 0.05) is 4.88 Å². The van der Waals surface area contributed by atoms with Crippen LogP contribution in [0.5, 0.6) is 0 Å². The number of benzene rings is 1. The summed E-state index contributed by atoms with van der Waals surface area (Å²) in [5.41, 5.74) is 8.79. The second kappa shape index (κ2) is 5.01. The number of aromatic nitrogens is 1. The molecule has 1 aromatic carbocycles. The van der Waals surface area contributed by atoms with Gasteiger partial charge in [-0.1, -0.05) is 6.07 Å². The van der Waals surface area contributed by atoms with Crippen molar-refractivity contribution in [3.05, 3.63) is 44.4 Å². The van der Waals surface area contributed by atoms with Gasteiger partial charge in [-0.2, -0.15) is 0 Å². The first kappa shape index (κ1) is 12.3. The van der Waals surface area contributed by atoms with Crippen molar-refractivity contribution in [1.82, 2.24) is 4.98 Å². The number of nitro benzene ring substituents is 1. The predicted molar refractivity (Wildman–Crippen MR) is 71.7 cm³/mol. The molecule has 2 rings (SSSR count). The Morgan fingerprint density at radius 2 is 2.33 bits per heavy atom. The second-order valence-corrected chi connectivity index (χ2v) is 4.65. The molecule has 0 saturated carbocycles. The van der Waals surface area contributed by atoms with Crippen LogP contribution in [0.25, 0.3) is 0 Å². The van der Waals surface area contributed by atoms with Crippen molar-refractivity contribution in [2.24, 2.45) is 0 Å². The fraction of sp³-hybridized carbons (Fsp3) is 0.182. The van der Waals surface area contributed by atoms with Gasteiger partial charge in [-0.05, 0) is 19.1 Å². The Bertz CT molecular complexity index is 582. The van der Waals surface area contributed by atoms with E-state index in [9.17, 15) is 10.1 Å². The monoisotopic (exact) mass is 264 g/mol. The molecule has 0 bridgehead atoms. The van der Waals surface area contributed by atoms with Crippen molar-refractivity contribution in [2.45, 2.75) is 13.5 Å². The topological polar surface area (TPSA) is 94.1 Å². The van der Waals surface area contributed by atoms with Gasteiger partial charge in [0.15, 0.2) is 0 Å². The molecule has 7 heteroatoms. The molecule has 0 unspecified atom stereocenters. The Morgan fingerprint density at radius 1 is 1.56 bits per heavy atom. The molecule has 0 aliphatic carbocycles. The number of rotatable bonds is 4. The zero-order chi connectivity index (χ0) is 13.1. The third-order valence-electron chi connectivity index (χ3n) is 2.53. The maximum Gasteiger partial charge on any atom is 0.314 e. The van der Waals surface area contributed by atoms with Crippen LogP contribution in [0, 0.1) is 17.0 Å². The van der Waals surface area contributed by atoms with Gasteiger partial charge in [0.25, 0.3) is 0 Å². The first-order chi connectivity index (χ1) is 8.59. The lowest BCUT2D eigenvalue weighted by Gasteiger charge is -2.07. The Kier molecular flexibility index (Phi) is 3.42. The minimum Gasteiger partial charge on any atom is -0.393 e. The highest BCUT2D eigenvalue weighted by Crippen LogP contribution is 2.31. The van der Waals surface area contributed by atoms with E-state index in [0.717, 1.165) is 10.6 Å². The quantitative estimate of drug-likeness (QED) is 0.502. The summed E-state index contributed by atoms with van der Waals surface area (Å²) >= 11 is 1.51. The van der Waals surface area contributed by atoms with Gasteiger partial charge in [-0.15, -0.1) is 11.3 Å². The van der Waals surface area contributed by atoms with Gasteiger partial charge in [0.05, 0.1) is 22.7 Å². The lowest BCUT2D eigenvalue weighted by atomic mass is 10.2. The fourth-order valence-electron chi connectivity index (χ4n) is 1.58. The molecule has 18 heavy (non-hydrogen) atoms. The average Bonchev–Trinajstić information content (AvgIpc) is 2.71. The molecule has 0 fully saturated rings. The summed E-state index contributed by atoms with van der Waals surface area (Å²) in [5.74, 6) is 0. The zero-order valence-electron chi connectivity index (χ0n) is 9.71. The first-order valence-electron chi connectivity index (χ1n) is 5.25. The molecule has 2 aromatic rings. The smallest absolute Gasteiger partial charge is 0.314 e. The van der Waals surface area contributed by atoms with Gasteiger partial charge in [-0.25, -0.2) is 4.98 Å². The molecule has 0 amide bonds. The van der Waals surface area contributed by atoms with E-state index in [4.69, 9.17) is 5.73 Å². The minimum atomic E-state index is -0.475. The van der Waals surface area contributed by atoms with E-state index < -0.39 is 4.92 Å². The van der Waals surface area contributed by atoms with Crippen LogP contribution < -0.4 is 11.1 Å². The van der Waals surface area contributed by atoms with Gasteiger partial charge in [-0.3, -0.25) is 10.1 Å². The van der Waals surface area contributed by atoms with Crippen molar-refractivity contribution in [1.29, 1.82) is 0 Å². The Hall–Kier alpha value is -2.15. The molecule has 1 heterocycles. The van der Waals surface area contributed by atoms with Crippen molar-refractivity contribution in [3.8, 4) is 0 Å². The molecule has 0 atom stereocenters. The normalized spacial score (nSPS) is 10.3. The van der Waals surface area contributed by atoms with Crippen LogP contribution in [0.1, 0.15) is 10.6 Å². The number of anilines is 2. The molecule has 94 valence electrons. The van der Waals surface area contributed by atoms with Crippen LogP contribution in [0.3, 0.4) is 0 Å². The van der Waals surface area contributed by atoms with Crippen LogP contribution in [-0.4, -0.2) is 9.91 Å². The van der Waals surface area contributed by atoms with E-state index in [1.807, 2.05) is 6.92 Å². The van der Waals surface area contributed by atoms with E-state index in [1.54, 1.807) is 17.6 Å². The fourth-order valence-corrected chi connectivity index (χ4v) is 2.30. The molecular weight excluding hydrogens is 252 g/mol. The van der Waals surface area contributed by atoms with E-state index in [0.29, 0.717) is 12.2 Å². The molecule has 0 saturated heterocycles. The Morgan fingerprint density at radius 3 is 2.94 bits per heavy atom. The van der Waals surface area contributed by atoms with Gasteiger partial charge < -0.3 is 11.1 Å². The van der Waals surface area contributed by atoms with E-state index in [1.165, 1.54) is 17.4 Å². The van der Waals surface area contributed by atoms with Crippen LogP contribution >= 0.6 is 11.3 Å². The number of nitrogens with zero attached hydrogens (tertiary/aromatic N) is 2. The number of thiazole rings is 1. The standard InChI is InChI=1S/C11H12N4O2S/c1-7-10(18-6-14-7)5-13-9-4-2-3-8(12)11(9)15(16)17/h2-4,6,13H,5,12H2,1H3. The van der Waals surface area contributed by atoms with E-state index in [-0.39, 0.29) is 11.4 Å². The molecule has 0 spiro atoms. The molecule has 0 radical (unpaired) electrons. The SMILES string of the molecule is Cc1ncsc1CNc1cccc(N)c1[N+](=O)[O-]. The maximum absolute atomic E-state index is 10.9. The van der Waals surface area contributed by atoms with E-state index >= 15 is 0 Å². The number of hydrogen-bond acceptors (Lipinski definition) is 6. The summed E-state index contributed by atoms with van der Waals surface area (Å²) in [4.78, 5) is 15.6. The Labute approximate surface area is 108 Å². The van der Waals surface area contributed by atoms with Crippen LogP contribution in [0.15, 0.2) is 23.7 Å². The number of aryl methyl sites for hydroxylation is 1. The number of para-hydroxylation sites is 1. The summed E-state index contributed by atoms with van der Waals surface area (Å²) in [6.07, 6.45) is 0. The van der Waals surface area contributed by atoms with Gasteiger partial charge in [0.1, 0.15) is 11.4 Å². The van der Waals surface area contributed by atoms with Crippen molar-refractivity contribution in [3.63, 3.8) is 0 Å². The molecule has 6 nitrogen and oxygen atoms in total. The largest absolute Gasteiger partial charge is 0.393 e.